The third kappa shape index (κ3) is 5.72. The van der Waals surface area contributed by atoms with E-state index in [4.69, 9.17) is 0 Å². The Hall–Kier alpha value is -2.38. The van der Waals surface area contributed by atoms with Crippen molar-refractivity contribution in [3.63, 3.8) is 0 Å². The van der Waals surface area contributed by atoms with Crippen LogP contribution in [-0.4, -0.2) is 52.6 Å². The average molecular weight is 317 g/mol. The third-order valence-electron chi connectivity index (χ3n) is 3.17. The molecular weight excluding hydrogens is 294 g/mol. The Morgan fingerprint density at radius 3 is 2.57 bits per heavy atom. The van der Waals surface area contributed by atoms with Gasteiger partial charge in [-0.05, 0) is 33.2 Å². The molecule has 3 N–H and O–H groups in total. The van der Waals surface area contributed by atoms with Crippen LogP contribution < -0.4 is 10.6 Å². The van der Waals surface area contributed by atoms with Gasteiger partial charge in [0.05, 0.1) is 24.5 Å². The molecule has 2 amide bonds. The topological polar surface area (TPSA) is 82.4 Å². The summed E-state index contributed by atoms with van der Waals surface area (Å²) in [5.74, 6) is 0. The fourth-order valence-electron chi connectivity index (χ4n) is 2.15. The van der Waals surface area contributed by atoms with Gasteiger partial charge in [0.1, 0.15) is 0 Å². The summed E-state index contributed by atoms with van der Waals surface area (Å²) in [7, 11) is 3.80. The molecule has 0 bridgehead atoms. The van der Waals surface area contributed by atoms with Crippen LogP contribution in [0.1, 0.15) is 5.56 Å². The molecule has 7 nitrogen and oxygen atoms in total. The Bertz CT molecular complexity index is 636. The van der Waals surface area contributed by atoms with E-state index in [1.807, 2.05) is 50.2 Å². The van der Waals surface area contributed by atoms with E-state index in [-0.39, 0.29) is 6.03 Å². The number of aryl methyl sites for hydroxylation is 1. The van der Waals surface area contributed by atoms with Gasteiger partial charge in [-0.2, -0.15) is 5.10 Å². The maximum Gasteiger partial charge on any atom is 0.323 e. The number of likely N-dealkylation sites (N-methyl/N-ethyl adjacent to an activating group) is 1. The van der Waals surface area contributed by atoms with E-state index in [9.17, 15) is 9.90 Å². The zero-order valence-corrected chi connectivity index (χ0v) is 13.7. The van der Waals surface area contributed by atoms with Gasteiger partial charge in [0.2, 0.25) is 0 Å². The Morgan fingerprint density at radius 2 is 1.91 bits per heavy atom. The second-order valence-electron chi connectivity index (χ2n) is 5.81. The second kappa shape index (κ2) is 7.75. The van der Waals surface area contributed by atoms with Crippen LogP contribution in [0.3, 0.4) is 0 Å². The molecule has 1 aromatic heterocycles. The van der Waals surface area contributed by atoms with Gasteiger partial charge in [0.15, 0.2) is 0 Å². The number of benzene rings is 1. The molecule has 124 valence electrons. The van der Waals surface area contributed by atoms with E-state index in [2.05, 4.69) is 15.7 Å². The molecule has 0 spiro atoms. The maximum atomic E-state index is 11.9. The van der Waals surface area contributed by atoms with Crippen molar-refractivity contribution in [3.8, 4) is 0 Å². The number of aromatic nitrogens is 2. The van der Waals surface area contributed by atoms with Gasteiger partial charge >= 0.3 is 6.03 Å². The lowest BCUT2D eigenvalue weighted by molar-refractivity contribution is 0.116. The summed E-state index contributed by atoms with van der Waals surface area (Å²) in [5.41, 5.74) is 2.43. The highest BCUT2D eigenvalue weighted by molar-refractivity contribution is 5.99. The number of carbonyl (C=O) groups excluding carboxylic acids is 1. The van der Waals surface area contributed by atoms with Crippen molar-refractivity contribution in [1.82, 2.24) is 14.7 Å². The van der Waals surface area contributed by atoms with Crippen molar-refractivity contribution in [2.24, 2.45) is 0 Å². The van der Waals surface area contributed by atoms with E-state index < -0.39 is 6.10 Å². The fourth-order valence-corrected chi connectivity index (χ4v) is 2.15. The highest BCUT2D eigenvalue weighted by Gasteiger charge is 2.09. The van der Waals surface area contributed by atoms with Crippen molar-refractivity contribution in [1.29, 1.82) is 0 Å². The van der Waals surface area contributed by atoms with Crippen LogP contribution in [0.15, 0.2) is 36.7 Å². The summed E-state index contributed by atoms with van der Waals surface area (Å²) in [6.07, 6.45) is 2.73. The number of carbonyl (C=O) groups is 1. The standard InChI is InChI=1S/C16H23N5O2/c1-12-4-6-13(7-5-12)18-16(23)19-14-8-17-21(9-14)11-15(22)10-20(2)3/h4-9,15,22H,10-11H2,1-3H3,(H2,18,19,23)/t15-/m1/s1. The van der Waals surface area contributed by atoms with E-state index in [0.717, 1.165) is 11.3 Å². The smallest absolute Gasteiger partial charge is 0.323 e. The minimum atomic E-state index is -0.515. The molecule has 7 heteroatoms. The van der Waals surface area contributed by atoms with Gasteiger partial charge in [0.25, 0.3) is 0 Å². The number of hydrogen-bond acceptors (Lipinski definition) is 4. The van der Waals surface area contributed by atoms with E-state index in [1.165, 1.54) is 0 Å². The van der Waals surface area contributed by atoms with Crippen LogP contribution in [0.4, 0.5) is 16.2 Å². The van der Waals surface area contributed by atoms with Crippen molar-refractivity contribution in [3.05, 3.63) is 42.2 Å². The summed E-state index contributed by atoms with van der Waals surface area (Å²) < 4.78 is 1.61. The Labute approximate surface area is 135 Å². The molecule has 1 heterocycles. The van der Waals surface area contributed by atoms with Gasteiger partial charge in [0, 0.05) is 18.4 Å². The van der Waals surface area contributed by atoms with Gasteiger partial charge in [-0.1, -0.05) is 17.7 Å². The van der Waals surface area contributed by atoms with Crippen molar-refractivity contribution < 1.29 is 9.90 Å². The maximum absolute atomic E-state index is 11.9. The van der Waals surface area contributed by atoms with E-state index >= 15 is 0 Å². The number of aliphatic hydroxyl groups excluding tert-OH is 1. The molecule has 0 radical (unpaired) electrons. The zero-order valence-electron chi connectivity index (χ0n) is 13.7. The predicted octanol–water partition coefficient (Wildman–Crippen LogP) is 1.76. The lowest BCUT2D eigenvalue weighted by atomic mass is 10.2. The molecule has 1 aromatic carbocycles. The quantitative estimate of drug-likeness (QED) is 0.758. The molecule has 0 aliphatic heterocycles. The molecule has 0 unspecified atom stereocenters. The Balaban J connectivity index is 1.86. The predicted molar refractivity (Wildman–Crippen MR) is 90.6 cm³/mol. The molecule has 0 fully saturated rings. The molecule has 2 rings (SSSR count). The number of amides is 2. The minimum Gasteiger partial charge on any atom is -0.390 e. The molecule has 1 atom stereocenters. The highest BCUT2D eigenvalue weighted by atomic mass is 16.3. The first-order valence-electron chi connectivity index (χ1n) is 7.42. The van der Waals surface area contributed by atoms with Crippen molar-refractivity contribution >= 4 is 17.4 Å². The van der Waals surface area contributed by atoms with Crippen LogP contribution in [-0.2, 0) is 6.54 Å². The molecule has 0 saturated carbocycles. The number of hydrogen-bond donors (Lipinski definition) is 3. The number of rotatable bonds is 6. The summed E-state index contributed by atoms with van der Waals surface area (Å²) in [5, 5.41) is 19.5. The normalized spacial score (nSPS) is 12.2. The first-order valence-corrected chi connectivity index (χ1v) is 7.42. The summed E-state index contributed by atoms with van der Waals surface area (Å²) in [4.78, 5) is 13.8. The van der Waals surface area contributed by atoms with Gasteiger partial charge < -0.3 is 20.6 Å². The summed E-state index contributed by atoms with van der Waals surface area (Å²) >= 11 is 0. The average Bonchev–Trinajstić information content (AvgIpc) is 2.87. The Morgan fingerprint density at radius 1 is 1.26 bits per heavy atom. The highest BCUT2D eigenvalue weighted by Crippen LogP contribution is 2.10. The zero-order chi connectivity index (χ0) is 16.8. The SMILES string of the molecule is Cc1ccc(NC(=O)Nc2cnn(C[C@H](O)CN(C)C)c2)cc1. The molecular formula is C16H23N5O2. The third-order valence-corrected chi connectivity index (χ3v) is 3.17. The number of nitrogens with zero attached hydrogens (tertiary/aromatic N) is 3. The lowest BCUT2D eigenvalue weighted by Crippen LogP contribution is -2.29. The van der Waals surface area contributed by atoms with Crippen LogP contribution in [0, 0.1) is 6.92 Å². The number of aliphatic hydroxyl groups is 1. The van der Waals surface area contributed by atoms with E-state index in [1.54, 1.807) is 17.1 Å². The fraction of sp³-hybridized carbons (Fsp3) is 0.375. The van der Waals surface area contributed by atoms with Crippen LogP contribution in [0.25, 0.3) is 0 Å². The first kappa shape index (κ1) is 17.0. The number of nitrogens with one attached hydrogen (secondary N) is 2. The van der Waals surface area contributed by atoms with Crippen molar-refractivity contribution in [2.45, 2.75) is 19.6 Å². The molecule has 2 aromatic rings. The number of anilines is 2. The molecule has 0 saturated heterocycles. The summed E-state index contributed by atoms with van der Waals surface area (Å²) in [6, 6.07) is 7.22. The minimum absolute atomic E-state index is 0.331. The van der Waals surface area contributed by atoms with Crippen molar-refractivity contribution in [2.75, 3.05) is 31.3 Å². The van der Waals surface area contributed by atoms with Crippen LogP contribution in [0.2, 0.25) is 0 Å². The van der Waals surface area contributed by atoms with Gasteiger partial charge in [-0.15, -0.1) is 0 Å². The van der Waals surface area contributed by atoms with Crippen LogP contribution >= 0.6 is 0 Å². The summed E-state index contributed by atoms with van der Waals surface area (Å²) in [6.45, 7) is 2.92. The Kier molecular flexibility index (Phi) is 5.72. The number of urea groups is 1. The molecule has 0 aliphatic rings. The van der Waals surface area contributed by atoms with Gasteiger partial charge in [-0.3, -0.25) is 4.68 Å². The molecule has 23 heavy (non-hydrogen) atoms. The van der Waals surface area contributed by atoms with Gasteiger partial charge in [-0.25, -0.2) is 4.79 Å². The second-order valence-corrected chi connectivity index (χ2v) is 5.81. The van der Waals surface area contributed by atoms with Crippen LogP contribution in [0.5, 0.6) is 0 Å². The molecule has 0 aliphatic carbocycles. The lowest BCUT2D eigenvalue weighted by Gasteiger charge is -2.15. The van der Waals surface area contributed by atoms with E-state index in [0.29, 0.717) is 18.8 Å². The first-order chi connectivity index (χ1) is 10.9. The largest absolute Gasteiger partial charge is 0.390 e. The monoisotopic (exact) mass is 317 g/mol.